The second-order valence-corrected chi connectivity index (χ2v) is 12.6. The van der Waals surface area contributed by atoms with Crippen molar-refractivity contribution >= 4 is 0 Å². The first-order chi connectivity index (χ1) is 10.9. The Morgan fingerprint density at radius 1 is 0.538 bits per heavy atom. The van der Waals surface area contributed by atoms with E-state index in [0.717, 1.165) is 0 Å². The monoisotopic (exact) mass is 368 g/mol. The van der Waals surface area contributed by atoms with Crippen molar-refractivity contribution in [2.45, 2.75) is 128 Å². The highest BCUT2D eigenvalue weighted by Crippen LogP contribution is 2.58. The van der Waals surface area contributed by atoms with Crippen molar-refractivity contribution in [3.05, 3.63) is 0 Å². The van der Waals surface area contributed by atoms with Gasteiger partial charge in [-0.3, -0.25) is 0 Å². The Bertz CT molecular complexity index is 392. The Balaban J connectivity index is 0.000000355. The Labute approximate surface area is 167 Å². The van der Waals surface area contributed by atoms with Gasteiger partial charge < -0.3 is 4.74 Å². The predicted molar refractivity (Wildman–Crippen MR) is 119 cm³/mol. The smallest absolute Gasteiger partial charge is 0.0728 e. The third kappa shape index (κ3) is 6.25. The minimum atomic E-state index is 0. The molecule has 3 aliphatic rings. The Kier molecular flexibility index (Phi) is 7.75. The van der Waals surface area contributed by atoms with Crippen LogP contribution in [0.4, 0.5) is 0 Å². The zero-order valence-electron chi connectivity index (χ0n) is 19.7. The molecule has 1 heteroatoms. The predicted octanol–water partition coefficient (Wildman–Crippen LogP) is 8.51. The summed E-state index contributed by atoms with van der Waals surface area (Å²) in [6.45, 7) is 25.5. The van der Waals surface area contributed by atoms with Crippen LogP contribution in [0.1, 0.15) is 122 Å². The van der Waals surface area contributed by atoms with Crippen LogP contribution in [0.25, 0.3) is 0 Å². The van der Waals surface area contributed by atoms with E-state index in [1.54, 1.807) is 0 Å². The maximum Gasteiger partial charge on any atom is 0.0728 e. The maximum absolute atomic E-state index is 5.41. The lowest BCUT2D eigenvalue weighted by atomic mass is 9.79. The van der Waals surface area contributed by atoms with Crippen LogP contribution in [-0.2, 0) is 4.74 Å². The van der Waals surface area contributed by atoms with Crippen molar-refractivity contribution < 1.29 is 4.74 Å². The Morgan fingerprint density at radius 3 is 0.808 bits per heavy atom. The average molecular weight is 369 g/mol. The molecule has 1 nitrogen and oxygen atoms in total. The third-order valence-corrected chi connectivity index (χ3v) is 8.08. The molecule has 26 heavy (non-hydrogen) atoms. The molecular formula is C25H52O. The van der Waals surface area contributed by atoms with E-state index in [9.17, 15) is 0 Å². The second kappa shape index (κ2) is 7.76. The van der Waals surface area contributed by atoms with Crippen molar-refractivity contribution in [2.24, 2.45) is 27.1 Å². The van der Waals surface area contributed by atoms with Crippen molar-refractivity contribution in [3.63, 3.8) is 0 Å². The molecule has 3 fully saturated rings. The summed E-state index contributed by atoms with van der Waals surface area (Å²) < 4.78 is 5.41. The SMILES string of the molecule is C.CC(C)(C)C1(C)CC1.CC(C)(C)C1(C)CC1.COC1(C(C)(C)C)CC1. The normalized spacial score (nSPS) is 24.0. The molecule has 0 amide bonds. The molecule has 0 bridgehead atoms. The van der Waals surface area contributed by atoms with Gasteiger partial charge in [0, 0.05) is 7.11 Å². The summed E-state index contributed by atoms with van der Waals surface area (Å²) in [7, 11) is 1.82. The molecule has 0 atom stereocenters. The molecule has 0 N–H and O–H groups in total. The zero-order valence-corrected chi connectivity index (χ0v) is 19.7. The van der Waals surface area contributed by atoms with Gasteiger partial charge in [0.15, 0.2) is 0 Å². The molecule has 0 aromatic carbocycles. The van der Waals surface area contributed by atoms with Gasteiger partial charge >= 0.3 is 0 Å². The third-order valence-electron chi connectivity index (χ3n) is 8.08. The summed E-state index contributed by atoms with van der Waals surface area (Å²) in [5, 5.41) is 0. The topological polar surface area (TPSA) is 9.23 Å². The van der Waals surface area contributed by atoms with Gasteiger partial charge in [0.05, 0.1) is 5.60 Å². The van der Waals surface area contributed by atoms with Gasteiger partial charge in [-0.2, -0.15) is 0 Å². The number of rotatable bonds is 1. The Hall–Kier alpha value is -0.0400. The summed E-state index contributed by atoms with van der Waals surface area (Å²) >= 11 is 0. The molecule has 0 spiro atoms. The fourth-order valence-corrected chi connectivity index (χ4v) is 3.25. The van der Waals surface area contributed by atoms with Gasteiger partial charge in [-0.05, 0) is 65.6 Å². The quantitative estimate of drug-likeness (QED) is 0.450. The Morgan fingerprint density at radius 2 is 0.808 bits per heavy atom. The zero-order chi connectivity index (χ0) is 19.9. The van der Waals surface area contributed by atoms with Crippen LogP contribution in [0.15, 0.2) is 0 Å². The van der Waals surface area contributed by atoms with Crippen LogP contribution in [0, 0.1) is 27.1 Å². The molecule has 3 saturated carbocycles. The summed E-state index contributed by atoms with van der Waals surface area (Å²) in [5.74, 6) is 0. The van der Waals surface area contributed by atoms with E-state index in [4.69, 9.17) is 4.74 Å². The van der Waals surface area contributed by atoms with Crippen LogP contribution >= 0.6 is 0 Å². The molecule has 0 radical (unpaired) electrons. The van der Waals surface area contributed by atoms with Crippen LogP contribution < -0.4 is 0 Å². The number of ether oxygens (including phenoxy) is 1. The first kappa shape index (κ1) is 26.0. The van der Waals surface area contributed by atoms with Crippen LogP contribution in [0.5, 0.6) is 0 Å². The van der Waals surface area contributed by atoms with Gasteiger partial charge in [-0.15, -0.1) is 0 Å². The highest BCUT2D eigenvalue weighted by atomic mass is 16.5. The summed E-state index contributed by atoms with van der Waals surface area (Å²) in [6.07, 6.45) is 8.25. The number of hydrogen-bond acceptors (Lipinski definition) is 1. The standard InChI is InChI=1S/C8H16O.2C8H16.CH4/c1-7(2,3)8(9-4)5-6-8;2*1-7(2,3)8(4)5-6-8;/h5-6H2,1-4H3;2*5-6H2,1-4H3;1H4. The van der Waals surface area contributed by atoms with Crippen LogP contribution in [0.2, 0.25) is 0 Å². The lowest BCUT2D eigenvalue weighted by molar-refractivity contribution is -0.00737. The second-order valence-electron chi connectivity index (χ2n) is 12.6. The summed E-state index contributed by atoms with van der Waals surface area (Å²) in [5.41, 5.74) is 3.04. The van der Waals surface area contributed by atoms with Gasteiger partial charge in [0.1, 0.15) is 0 Å². The average Bonchev–Trinajstić information content (AvgIpc) is 3.25. The molecule has 0 aliphatic heterocycles. The largest absolute Gasteiger partial charge is 0.378 e. The molecule has 3 aliphatic carbocycles. The molecule has 3 rings (SSSR count). The first-order valence-corrected chi connectivity index (χ1v) is 10.5. The minimum absolute atomic E-state index is 0. The molecule has 158 valence electrons. The maximum atomic E-state index is 5.41. The lowest BCUT2D eigenvalue weighted by Gasteiger charge is -2.29. The van der Waals surface area contributed by atoms with Crippen LogP contribution in [-0.4, -0.2) is 12.7 Å². The van der Waals surface area contributed by atoms with E-state index in [1.165, 1.54) is 38.5 Å². The molecule has 0 aromatic heterocycles. The van der Waals surface area contributed by atoms with E-state index in [2.05, 4.69) is 76.2 Å². The van der Waals surface area contributed by atoms with E-state index < -0.39 is 0 Å². The van der Waals surface area contributed by atoms with Gasteiger partial charge in [0.25, 0.3) is 0 Å². The molecule has 0 aromatic rings. The van der Waals surface area contributed by atoms with E-state index in [-0.39, 0.29) is 13.0 Å². The van der Waals surface area contributed by atoms with Crippen molar-refractivity contribution in [1.82, 2.24) is 0 Å². The molecule has 0 unspecified atom stereocenters. The summed E-state index contributed by atoms with van der Waals surface area (Å²) in [4.78, 5) is 0. The van der Waals surface area contributed by atoms with E-state index >= 15 is 0 Å². The fraction of sp³-hybridized carbons (Fsp3) is 1.00. The fourth-order valence-electron chi connectivity index (χ4n) is 3.25. The number of hydrogen-bond donors (Lipinski definition) is 0. The van der Waals surface area contributed by atoms with Crippen molar-refractivity contribution in [3.8, 4) is 0 Å². The van der Waals surface area contributed by atoms with Gasteiger partial charge in [0.2, 0.25) is 0 Å². The number of methoxy groups -OCH3 is 1. The van der Waals surface area contributed by atoms with Crippen molar-refractivity contribution in [2.75, 3.05) is 7.11 Å². The first-order valence-electron chi connectivity index (χ1n) is 10.5. The highest BCUT2D eigenvalue weighted by molar-refractivity contribution is 5.04. The minimum Gasteiger partial charge on any atom is -0.378 e. The van der Waals surface area contributed by atoms with Crippen LogP contribution in [0.3, 0.4) is 0 Å². The van der Waals surface area contributed by atoms with E-state index in [0.29, 0.717) is 27.1 Å². The van der Waals surface area contributed by atoms with Gasteiger partial charge in [-0.25, -0.2) is 0 Å². The molecule has 0 saturated heterocycles. The van der Waals surface area contributed by atoms with Gasteiger partial charge in [-0.1, -0.05) is 83.6 Å². The molecular weight excluding hydrogens is 316 g/mol. The highest BCUT2D eigenvalue weighted by Gasteiger charge is 2.52. The molecule has 0 heterocycles. The summed E-state index contributed by atoms with van der Waals surface area (Å²) in [6, 6.07) is 0. The van der Waals surface area contributed by atoms with E-state index in [1.807, 2.05) is 7.11 Å². The lowest BCUT2D eigenvalue weighted by Crippen LogP contribution is -2.29. The van der Waals surface area contributed by atoms with Crippen molar-refractivity contribution in [1.29, 1.82) is 0 Å².